The molecule has 0 amide bonds. The summed E-state index contributed by atoms with van der Waals surface area (Å²) in [5.41, 5.74) is 0.838. The van der Waals surface area contributed by atoms with E-state index in [1.807, 2.05) is 30.3 Å². The van der Waals surface area contributed by atoms with Crippen LogP contribution >= 0.6 is 10.7 Å². The molecule has 8 heteroatoms. The first kappa shape index (κ1) is 12.8. The van der Waals surface area contributed by atoms with Gasteiger partial charge in [-0.1, -0.05) is 18.2 Å². The highest BCUT2D eigenvalue weighted by atomic mass is 35.7. The Morgan fingerprint density at radius 3 is 2.67 bits per heavy atom. The van der Waals surface area contributed by atoms with Crippen LogP contribution in [0, 0.1) is 0 Å². The molecule has 2 rings (SSSR count). The molecular weight excluding hydrogens is 278 g/mol. The van der Waals surface area contributed by atoms with Crippen LogP contribution in [0.5, 0.6) is 6.01 Å². The van der Waals surface area contributed by atoms with Gasteiger partial charge >= 0.3 is 6.01 Å². The van der Waals surface area contributed by atoms with Crippen molar-refractivity contribution < 1.29 is 13.2 Å². The molecule has 0 aliphatic heterocycles. The molecule has 0 unspecified atom stereocenters. The van der Waals surface area contributed by atoms with Gasteiger partial charge in [0.05, 0.1) is 11.4 Å². The van der Waals surface area contributed by atoms with Gasteiger partial charge in [0.2, 0.25) is 9.05 Å². The van der Waals surface area contributed by atoms with Gasteiger partial charge in [0, 0.05) is 10.7 Å². The Morgan fingerprint density at radius 2 is 2.00 bits per heavy atom. The van der Waals surface area contributed by atoms with Crippen LogP contribution in [0.25, 0.3) is 5.69 Å². The topological polar surface area (TPSA) is 74.1 Å². The third-order valence-electron chi connectivity index (χ3n) is 2.05. The maximum atomic E-state index is 10.7. The highest BCUT2D eigenvalue weighted by Crippen LogP contribution is 2.08. The van der Waals surface area contributed by atoms with Gasteiger partial charge in [-0.05, 0) is 12.1 Å². The molecule has 96 valence electrons. The number of halogens is 1. The molecular formula is C10H10ClN3O3S. The fourth-order valence-corrected chi connectivity index (χ4v) is 1.72. The van der Waals surface area contributed by atoms with E-state index < -0.39 is 9.05 Å². The lowest BCUT2D eigenvalue weighted by Crippen LogP contribution is -2.09. The second-order valence-corrected chi connectivity index (χ2v) is 6.30. The Morgan fingerprint density at radius 1 is 1.28 bits per heavy atom. The number of nitrogens with zero attached hydrogens (tertiary/aromatic N) is 3. The number of aromatic nitrogens is 3. The van der Waals surface area contributed by atoms with E-state index in [0.717, 1.165) is 5.69 Å². The average Bonchev–Trinajstić information content (AvgIpc) is 2.77. The Kier molecular flexibility index (Phi) is 3.83. The van der Waals surface area contributed by atoms with E-state index in [1.54, 1.807) is 0 Å². The highest BCUT2D eigenvalue weighted by Gasteiger charge is 2.08. The SMILES string of the molecule is O=S(=O)(Cl)CCOc1ncn(-c2ccccc2)n1. The normalized spacial score (nSPS) is 11.4. The minimum absolute atomic E-state index is 0.0787. The molecule has 6 nitrogen and oxygen atoms in total. The molecule has 2 aromatic rings. The van der Waals surface area contributed by atoms with Gasteiger partial charge in [0.25, 0.3) is 0 Å². The molecule has 0 fully saturated rings. The summed E-state index contributed by atoms with van der Waals surface area (Å²) in [5, 5.41) is 4.05. The van der Waals surface area contributed by atoms with Crippen molar-refractivity contribution in [3.05, 3.63) is 36.7 Å². The number of hydrogen-bond donors (Lipinski definition) is 0. The van der Waals surface area contributed by atoms with E-state index >= 15 is 0 Å². The Labute approximate surface area is 109 Å². The summed E-state index contributed by atoms with van der Waals surface area (Å²) < 4.78 is 28.0. The average molecular weight is 288 g/mol. The molecule has 0 saturated carbocycles. The van der Waals surface area contributed by atoms with E-state index in [0.29, 0.717) is 0 Å². The smallest absolute Gasteiger partial charge is 0.335 e. The van der Waals surface area contributed by atoms with Crippen LogP contribution in [0.1, 0.15) is 0 Å². The van der Waals surface area contributed by atoms with Gasteiger partial charge in [-0.3, -0.25) is 0 Å². The van der Waals surface area contributed by atoms with Crippen LogP contribution in [-0.4, -0.2) is 35.5 Å². The van der Waals surface area contributed by atoms with Gasteiger partial charge in [-0.25, -0.2) is 13.1 Å². The van der Waals surface area contributed by atoms with Crippen molar-refractivity contribution in [1.29, 1.82) is 0 Å². The third kappa shape index (κ3) is 3.71. The summed E-state index contributed by atoms with van der Waals surface area (Å²) >= 11 is 0. The van der Waals surface area contributed by atoms with Crippen molar-refractivity contribution in [2.45, 2.75) is 0 Å². The molecule has 0 saturated heterocycles. The van der Waals surface area contributed by atoms with Gasteiger partial charge < -0.3 is 4.74 Å². The quantitative estimate of drug-likeness (QED) is 0.773. The van der Waals surface area contributed by atoms with E-state index in [9.17, 15) is 8.42 Å². The zero-order valence-corrected chi connectivity index (χ0v) is 10.8. The number of ether oxygens (including phenoxy) is 1. The fraction of sp³-hybridized carbons (Fsp3) is 0.200. The highest BCUT2D eigenvalue weighted by molar-refractivity contribution is 8.13. The predicted octanol–water partition coefficient (Wildman–Crippen LogP) is 1.21. The third-order valence-corrected chi connectivity index (χ3v) is 3.17. The van der Waals surface area contributed by atoms with Crippen LogP contribution in [0.2, 0.25) is 0 Å². The van der Waals surface area contributed by atoms with Crippen LogP contribution in [0.3, 0.4) is 0 Å². The maximum Gasteiger partial charge on any atom is 0.335 e. The molecule has 0 atom stereocenters. The van der Waals surface area contributed by atoms with Crippen molar-refractivity contribution in [3.63, 3.8) is 0 Å². The van der Waals surface area contributed by atoms with Gasteiger partial charge in [-0.2, -0.15) is 4.98 Å². The first-order valence-corrected chi connectivity index (χ1v) is 7.55. The number of hydrogen-bond acceptors (Lipinski definition) is 5. The Hall–Kier alpha value is -1.60. The summed E-state index contributed by atoms with van der Waals surface area (Å²) in [4.78, 5) is 3.90. The molecule has 0 bridgehead atoms. The van der Waals surface area contributed by atoms with E-state index in [4.69, 9.17) is 15.4 Å². The number of rotatable bonds is 5. The first-order chi connectivity index (χ1) is 8.54. The van der Waals surface area contributed by atoms with Crippen molar-refractivity contribution in [2.24, 2.45) is 0 Å². The lowest BCUT2D eigenvalue weighted by Gasteiger charge is -1.99. The van der Waals surface area contributed by atoms with E-state index in [1.165, 1.54) is 11.0 Å². The lowest BCUT2D eigenvalue weighted by atomic mass is 10.3. The Balaban J connectivity index is 1.99. The molecule has 1 aromatic heterocycles. The van der Waals surface area contributed by atoms with Crippen molar-refractivity contribution >= 4 is 19.7 Å². The lowest BCUT2D eigenvalue weighted by molar-refractivity contribution is 0.314. The minimum Gasteiger partial charge on any atom is -0.461 e. The van der Waals surface area contributed by atoms with Crippen molar-refractivity contribution in [1.82, 2.24) is 14.8 Å². The molecule has 1 aromatic carbocycles. The molecule has 1 heterocycles. The minimum atomic E-state index is -3.55. The monoisotopic (exact) mass is 287 g/mol. The molecule has 0 aliphatic rings. The standard InChI is InChI=1S/C10H10ClN3O3S/c11-18(15,16)7-6-17-10-12-8-14(13-10)9-4-2-1-3-5-9/h1-5,8H,6-7H2. The molecule has 0 radical (unpaired) electrons. The van der Waals surface area contributed by atoms with Crippen LogP contribution < -0.4 is 4.74 Å². The van der Waals surface area contributed by atoms with E-state index in [2.05, 4.69) is 10.1 Å². The molecule has 0 N–H and O–H groups in total. The van der Waals surface area contributed by atoms with E-state index in [-0.39, 0.29) is 18.4 Å². The predicted molar refractivity (Wildman–Crippen MR) is 66.5 cm³/mol. The van der Waals surface area contributed by atoms with Gasteiger partial charge in [-0.15, -0.1) is 5.10 Å². The van der Waals surface area contributed by atoms with Crippen molar-refractivity contribution in [2.75, 3.05) is 12.4 Å². The zero-order valence-electron chi connectivity index (χ0n) is 9.23. The zero-order chi connectivity index (χ0) is 13.0. The van der Waals surface area contributed by atoms with Gasteiger partial charge in [0.1, 0.15) is 12.9 Å². The summed E-state index contributed by atoms with van der Waals surface area (Å²) in [6, 6.07) is 9.47. The Bertz CT molecular complexity index is 612. The van der Waals surface area contributed by atoms with Crippen LogP contribution in [0.15, 0.2) is 36.7 Å². The number of benzene rings is 1. The molecule has 0 spiro atoms. The largest absolute Gasteiger partial charge is 0.461 e. The molecule has 18 heavy (non-hydrogen) atoms. The summed E-state index contributed by atoms with van der Waals surface area (Å²) in [6.07, 6.45) is 1.49. The fourth-order valence-electron chi connectivity index (χ4n) is 1.25. The second kappa shape index (κ2) is 5.36. The summed E-state index contributed by atoms with van der Waals surface area (Å²) in [6.45, 7) is -0.0787. The van der Waals surface area contributed by atoms with Crippen molar-refractivity contribution in [3.8, 4) is 11.7 Å². The second-order valence-electron chi connectivity index (χ2n) is 3.40. The molecule has 0 aliphatic carbocycles. The number of para-hydroxylation sites is 1. The van der Waals surface area contributed by atoms with Gasteiger partial charge in [0.15, 0.2) is 0 Å². The maximum absolute atomic E-state index is 10.7. The first-order valence-electron chi connectivity index (χ1n) is 5.07. The van der Waals surface area contributed by atoms with Crippen LogP contribution in [-0.2, 0) is 9.05 Å². The summed E-state index contributed by atoms with van der Waals surface area (Å²) in [7, 11) is 1.49. The van der Waals surface area contributed by atoms with Crippen LogP contribution in [0.4, 0.5) is 0 Å². The summed E-state index contributed by atoms with van der Waals surface area (Å²) in [5.74, 6) is -0.283.